The molecule has 0 N–H and O–H groups in total. The maximum atomic E-state index is 6.23. The zero-order valence-corrected chi connectivity index (χ0v) is 11.6. The third-order valence-electron chi connectivity index (χ3n) is 3.96. The van der Waals surface area contributed by atoms with E-state index in [9.17, 15) is 0 Å². The molecule has 0 fully saturated rings. The Bertz CT molecular complexity index is 1150. The zero-order valence-electron chi connectivity index (χ0n) is 10.9. The van der Waals surface area contributed by atoms with Gasteiger partial charge in [-0.1, -0.05) is 41.9 Å². The van der Waals surface area contributed by atoms with Crippen molar-refractivity contribution in [2.75, 3.05) is 0 Å². The third-order valence-corrected chi connectivity index (χ3v) is 4.26. The van der Waals surface area contributed by atoms with Gasteiger partial charge in [-0.05, 0) is 24.3 Å². The third kappa shape index (κ3) is 1.38. The van der Waals surface area contributed by atoms with Crippen molar-refractivity contribution < 1.29 is 8.83 Å². The van der Waals surface area contributed by atoms with Crippen molar-refractivity contribution in [3.63, 3.8) is 0 Å². The molecule has 2 nitrogen and oxygen atoms in total. The van der Waals surface area contributed by atoms with Crippen molar-refractivity contribution >= 4 is 55.5 Å². The lowest BCUT2D eigenvalue weighted by Gasteiger charge is -1.91. The Morgan fingerprint density at radius 1 is 0.571 bits per heavy atom. The van der Waals surface area contributed by atoms with Crippen LogP contribution in [-0.2, 0) is 0 Å². The first-order chi connectivity index (χ1) is 10.3. The van der Waals surface area contributed by atoms with Crippen LogP contribution in [0.4, 0.5) is 0 Å². The van der Waals surface area contributed by atoms with Crippen molar-refractivity contribution in [1.29, 1.82) is 0 Å². The van der Waals surface area contributed by atoms with E-state index in [0.717, 1.165) is 38.3 Å². The Hall–Kier alpha value is -2.45. The summed E-state index contributed by atoms with van der Waals surface area (Å²) in [5.74, 6) is 0. The molecule has 5 rings (SSSR count). The minimum atomic E-state index is 0.618. The van der Waals surface area contributed by atoms with Crippen LogP contribution in [0.2, 0.25) is 5.02 Å². The summed E-state index contributed by atoms with van der Waals surface area (Å²) in [6, 6.07) is 17.9. The molecule has 0 aliphatic carbocycles. The first-order valence-electron chi connectivity index (χ1n) is 6.74. The van der Waals surface area contributed by atoms with Gasteiger partial charge in [0.2, 0.25) is 0 Å². The van der Waals surface area contributed by atoms with Crippen LogP contribution >= 0.6 is 11.6 Å². The van der Waals surface area contributed by atoms with E-state index in [1.807, 2.05) is 36.4 Å². The molecule has 0 aliphatic rings. The molecule has 0 saturated heterocycles. The molecule has 3 aromatic carbocycles. The van der Waals surface area contributed by atoms with Crippen LogP contribution in [0.3, 0.4) is 0 Å². The first-order valence-corrected chi connectivity index (χ1v) is 7.12. The minimum absolute atomic E-state index is 0.618. The average Bonchev–Trinajstić information content (AvgIpc) is 3.06. The minimum Gasteiger partial charge on any atom is -0.452 e. The number of benzene rings is 3. The summed E-state index contributed by atoms with van der Waals surface area (Å²) in [4.78, 5) is 0. The number of halogens is 1. The molecule has 2 aromatic heterocycles. The molecule has 0 aliphatic heterocycles. The summed E-state index contributed by atoms with van der Waals surface area (Å²) in [5, 5.41) is 4.82. The lowest BCUT2D eigenvalue weighted by molar-refractivity contribution is 0.633. The fourth-order valence-electron chi connectivity index (χ4n) is 3.00. The van der Waals surface area contributed by atoms with Gasteiger partial charge in [-0.2, -0.15) is 0 Å². The molecule has 0 bridgehead atoms. The highest BCUT2D eigenvalue weighted by molar-refractivity contribution is 6.36. The molecule has 3 heteroatoms. The number of hydrogen-bond acceptors (Lipinski definition) is 2. The second-order valence-electron chi connectivity index (χ2n) is 5.14. The number of hydrogen-bond donors (Lipinski definition) is 0. The second-order valence-corrected chi connectivity index (χ2v) is 5.54. The quantitative estimate of drug-likeness (QED) is 0.343. The molecule has 0 unspecified atom stereocenters. The van der Waals surface area contributed by atoms with Crippen molar-refractivity contribution in [3.05, 3.63) is 59.6 Å². The van der Waals surface area contributed by atoms with Crippen LogP contribution in [0.15, 0.2) is 63.4 Å². The maximum Gasteiger partial charge on any atom is 0.178 e. The van der Waals surface area contributed by atoms with Crippen molar-refractivity contribution in [1.82, 2.24) is 0 Å². The molecule has 5 aromatic rings. The van der Waals surface area contributed by atoms with E-state index in [1.165, 1.54) is 0 Å². The molecule has 21 heavy (non-hydrogen) atoms. The summed E-state index contributed by atoms with van der Waals surface area (Å²) >= 11 is 6.23. The molecule has 0 radical (unpaired) electrons. The smallest absolute Gasteiger partial charge is 0.178 e. The van der Waals surface area contributed by atoms with E-state index in [-0.39, 0.29) is 0 Å². The number of fused-ring (bicyclic) bond motifs is 7. The monoisotopic (exact) mass is 292 g/mol. The highest BCUT2D eigenvalue weighted by atomic mass is 35.5. The van der Waals surface area contributed by atoms with Crippen LogP contribution in [0, 0.1) is 0 Å². The van der Waals surface area contributed by atoms with E-state index >= 15 is 0 Å². The van der Waals surface area contributed by atoms with E-state index in [4.69, 9.17) is 20.4 Å². The number of furan rings is 2. The highest BCUT2D eigenvalue weighted by Gasteiger charge is 2.16. The fourth-order valence-corrected chi connectivity index (χ4v) is 3.22. The Labute approximate surface area is 124 Å². The summed E-state index contributed by atoms with van der Waals surface area (Å²) in [5.41, 5.74) is 3.11. The molecule has 0 saturated carbocycles. The van der Waals surface area contributed by atoms with Crippen molar-refractivity contribution in [2.45, 2.75) is 0 Å². The molecule has 100 valence electrons. The van der Waals surface area contributed by atoms with Gasteiger partial charge in [-0.25, -0.2) is 0 Å². The normalized spacial score (nSPS) is 12.0. The lowest BCUT2D eigenvalue weighted by atomic mass is 10.1. The fraction of sp³-hybridized carbons (Fsp3) is 0. The highest BCUT2D eigenvalue weighted by Crippen LogP contribution is 2.39. The standard InChI is InChI=1S/C18H9ClO2/c19-14-6-3-5-11-13-9-8-12-10-4-1-2-7-15(10)20-17(12)18(13)21-16(11)14/h1-9H. The maximum absolute atomic E-state index is 6.23. The molecular formula is C18H9ClO2. The Morgan fingerprint density at radius 2 is 1.24 bits per heavy atom. The topological polar surface area (TPSA) is 26.3 Å². The van der Waals surface area contributed by atoms with E-state index in [1.54, 1.807) is 0 Å². The SMILES string of the molecule is Clc1cccc2c1oc1c2ccc2c3ccccc3oc21. The predicted octanol–water partition coefficient (Wildman–Crippen LogP) is 6.14. The van der Waals surface area contributed by atoms with Gasteiger partial charge in [0.05, 0.1) is 5.02 Å². The summed E-state index contributed by atoms with van der Waals surface area (Å²) in [7, 11) is 0. The first kappa shape index (κ1) is 11.2. The summed E-state index contributed by atoms with van der Waals surface area (Å²) < 4.78 is 12.0. The molecule has 0 atom stereocenters. The van der Waals surface area contributed by atoms with Gasteiger partial charge >= 0.3 is 0 Å². The number of rotatable bonds is 0. The average molecular weight is 293 g/mol. The van der Waals surface area contributed by atoms with Gasteiger partial charge in [-0.15, -0.1) is 0 Å². The van der Waals surface area contributed by atoms with E-state index in [2.05, 4.69) is 18.2 Å². The molecular weight excluding hydrogens is 284 g/mol. The number of para-hydroxylation sites is 2. The predicted molar refractivity (Wildman–Crippen MR) is 86.0 cm³/mol. The van der Waals surface area contributed by atoms with Crippen molar-refractivity contribution in [3.8, 4) is 0 Å². The second kappa shape index (κ2) is 3.80. The van der Waals surface area contributed by atoms with Gasteiger partial charge in [0.25, 0.3) is 0 Å². The van der Waals surface area contributed by atoms with Gasteiger partial charge < -0.3 is 8.83 Å². The Morgan fingerprint density at radius 3 is 2.14 bits per heavy atom. The summed E-state index contributed by atoms with van der Waals surface area (Å²) in [6.07, 6.45) is 0. The van der Waals surface area contributed by atoms with Gasteiger partial charge in [0.15, 0.2) is 16.7 Å². The van der Waals surface area contributed by atoms with Crippen LogP contribution in [-0.4, -0.2) is 0 Å². The molecule has 2 heterocycles. The lowest BCUT2D eigenvalue weighted by Crippen LogP contribution is -1.68. The van der Waals surface area contributed by atoms with Crippen LogP contribution in [0.1, 0.15) is 0 Å². The van der Waals surface area contributed by atoms with Gasteiger partial charge in [0, 0.05) is 21.5 Å². The Balaban J connectivity index is 2.09. The zero-order chi connectivity index (χ0) is 14.0. The van der Waals surface area contributed by atoms with Crippen molar-refractivity contribution in [2.24, 2.45) is 0 Å². The van der Waals surface area contributed by atoms with Crippen LogP contribution < -0.4 is 0 Å². The van der Waals surface area contributed by atoms with Gasteiger partial charge in [0.1, 0.15) is 5.58 Å². The van der Waals surface area contributed by atoms with E-state index in [0.29, 0.717) is 10.6 Å². The largest absolute Gasteiger partial charge is 0.452 e. The molecule has 0 spiro atoms. The van der Waals surface area contributed by atoms with Crippen LogP contribution in [0.25, 0.3) is 43.9 Å². The van der Waals surface area contributed by atoms with Gasteiger partial charge in [-0.3, -0.25) is 0 Å². The summed E-state index contributed by atoms with van der Waals surface area (Å²) in [6.45, 7) is 0. The van der Waals surface area contributed by atoms with E-state index < -0.39 is 0 Å². The Kier molecular flexibility index (Phi) is 2.04. The molecule has 0 amide bonds. The van der Waals surface area contributed by atoms with Crippen LogP contribution in [0.5, 0.6) is 0 Å².